The van der Waals surface area contributed by atoms with Gasteiger partial charge in [-0.25, -0.2) is 9.59 Å². The van der Waals surface area contributed by atoms with Crippen LogP contribution in [-0.4, -0.2) is 205 Å². The highest BCUT2D eigenvalue weighted by atomic mass is 16.6. The van der Waals surface area contributed by atoms with Crippen LogP contribution in [0.2, 0.25) is 0 Å². The lowest BCUT2D eigenvalue weighted by Crippen LogP contribution is -2.60. The molecule has 4 rings (SSSR count). The van der Waals surface area contributed by atoms with Crippen molar-refractivity contribution in [3.63, 3.8) is 0 Å². The number of carbonyl (C=O) groups is 11. The van der Waals surface area contributed by atoms with Crippen LogP contribution in [0.4, 0.5) is 15.3 Å². The van der Waals surface area contributed by atoms with Crippen molar-refractivity contribution < 1.29 is 72.1 Å². The number of likely N-dealkylation sites (tertiary alicyclic amines) is 2. The highest BCUT2D eigenvalue weighted by Crippen LogP contribution is 2.31. The minimum absolute atomic E-state index is 0.0838. The molecule has 2 aliphatic rings. The van der Waals surface area contributed by atoms with E-state index in [9.17, 15) is 57.8 Å². The van der Waals surface area contributed by atoms with Crippen LogP contribution in [0.3, 0.4) is 0 Å². The maximum absolute atomic E-state index is 14.8. The molecule has 2 aliphatic heterocycles. The second-order valence-corrected chi connectivity index (χ2v) is 26.8. The van der Waals surface area contributed by atoms with Gasteiger partial charge < -0.3 is 72.1 Å². The van der Waals surface area contributed by atoms with Gasteiger partial charge in [0.15, 0.2) is 0 Å². The van der Waals surface area contributed by atoms with Gasteiger partial charge in [0.2, 0.25) is 53.2 Å². The van der Waals surface area contributed by atoms with E-state index in [1.807, 2.05) is 39.0 Å². The molecule has 10 N–H and O–H groups in total. The minimum Gasteiger partial charge on any atom is -0.445 e. The molecule has 27 nitrogen and oxygen atoms in total. The van der Waals surface area contributed by atoms with Gasteiger partial charge in [0.05, 0.1) is 61.2 Å². The summed E-state index contributed by atoms with van der Waals surface area (Å²) < 4.78 is 17.8. The fourth-order valence-corrected chi connectivity index (χ4v) is 12.7. The van der Waals surface area contributed by atoms with Crippen LogP contribution in [0.5, 0.6) is 0 Å². The molecule has 0 spiro atoms. The first-order valence-corrected chi connectivity index (χ1v) is 34.4. The highest BCUT2D eigenvalue weighted by Gasteiger charge is 2.44. The number of nitrogens with two attached hydrogens (primary N) is 1. The fraction of sp³-hybridized carbons (Fsp3) is 0.671. The molecule has 0 bridgehead atoms. The van der Waals surface area contributed by atoms with E-state index in [4.69, 9.17) is 19.9 Å². The van der Waals surface area contributed by atoms with Crippen LogP contribution in [0.15, 0.2) is 54.6 Å². The lowest BCUT2D eigenvalue weighted by atomic mass is 9.89. The van der Waals surface area contributed by atoms with Crippen molar-refractivity contribution in [2.45, 2.75) is 220 Å². The van der Waals surface area contributed by atoms with Gasteiger partial charge in [0.1, 0.15) is 30.8 Å². The predicted octanol–water partition coefficient (Wildman–Crippen LogP) is 4.89. The number of nitrogens with one attached hydrogen (secondary N) is 7. The van der Waals surface area contributed by atoms with Crippen molar-refractivity contribution in [1.29, 1.82) is 0 Å². The molecule has 542 valence electrons. The van der Waals surface area contributed by atoms with Crippen LogP contribution in [0.1, 0.15) is 164 Å². The average Bonchev–Trinajstić information content (AvgIpc) is 1.81. The van der Waals surface area contributed by atoms with Crippen molar-refractivity contribution in [1.82, 2.24) is 51.5 Å². The van der Waals surface area contributed by atoms with Gasteiger partial charge in [-0.15, -0.1) is 0 Å². The van der Waals surface area contributed by atoms with Gasteiger partial charge in [0, 0.05) is 60.1 Å². The molecule has 0 saturated carbocycles. The number of carbonyl (C=O) groups excluding carboxylic acids is 11. The summed E-state index contributed by atoms with van der Waals surface area (Å²) >= 11 is 0. The van der Waals surface area contributed by atoms with E-state index >= 15 is 0 Å². The molecule has 12 amide bonds. The van der Waals surface area contributed by atoms with E-state index < -0.39 is 120 Å². The number of hydrogen-bond donors (Lipinski definition) is 9. The zero-order valence-electron chi connectivity index (χ0n) is 59.8. The number of likely N-dealkylation sites (N-methyl/N-ethyl adjacent to an activating group) is 3. The molecule has 97 heavy (non-hydrogen) atoms. The molecule has 2 fully saturated rings. The smallest absolute Gasteiger partial charge is 0.410 e. The fourth-order valence-electron chi connectivity index (χ4n) is 12.7. The summed E-state index contributed by atoms with van der Waals surface area (Å²) in [7, 11) is 6.08. The number of nitrogens with zero attached hydrogens (tertiary/aromatic N) is 4. The third-order valence-corrected chi connectivity index (χ3v) is 18.5. The van der Waals surface area contributed by atoms with E-state index in [1.54, 1.807) is 109 Å². The van der Waals surface area contributed by atoms with Crippen molar-refractivity contribution in [2.24, 2.45) is 35.3 Å². The summed E-state index contributed by atoms with van der Waals surface area (Å²) in [6.45, 7) is 21.1. The van der Waals surface area contributed by atoms with Crippen LogP contribution in [-0.2, 0) is 64.0 Å². The molecule has 27 heteroatoms. The molecule has 1 unspecified atom stereocenters. The predicted molar refractivity (Wildman–Crippen MR) is 366 cm³/mol. The quantitative estimate of drug-likeness (QED) is 0.0317. The number of urea groups is 1. The van der Waals surface area contributed by atoms with Crippen LogP contribution >= 0.6 is 0 Å². The van der Waals surface area contributed by atoms with Gasteiger partial charge in [-0.2, -0.15) is 0 Å². The topological polar surface area (TPSA) is 359 Å². The van der Waals surface area contributed by atoms with Gasteiger partial charge in [-0.3, -0.25) is 53.0 Å². The monoisotopic (exact) mass is 1360 g/mol. The summed E-state index contributed by atoms with van der Waals surface area (Å²) in [6, 6.07) is 8.23. The molecule has 13 atom stereocenters. The average molecular weight is 1360 g/mol. The number of imide groups is 1. The SMILES string of the molecule is CCNC1CC(=O)N(CCCCCC(=O)N[C@H](C(=O)N[C@@H](CCCNC(N)=O)C(=O)Nc2ccc(COC(=O)N(C)[C@H](C(=O)N[C@H](C(=O)N(C)[C@@H]([C@@H](C)CC)[C@@H](CC(=O)N3CCC[C@H]3[C@H](OC)[C@@H](C)C(=O)N[C@H](C)[C@@H](O)c3ccccc3)OC)C(C)C)C(C)C)cc2)C(C)C)C1=O. The van der Waals surface area contributed by atoms with Gasteiger partial charge >= 0.3 is 12.1 Å². The van der Waals surface area contributed by atoms with E-state index in [-0.39, 0.29) is 93.2 Å². The lowest BCUT2D eigenvalue weighted by Gasteiger charge is -2.41. The van der Waals surface area contributed by atoms with E-state index in [1.165, 1.54) is 31.1 Å². The number of hydrogen-bond acceptors (Lipinski definition) is 16. The number of primary amides is 1. The Morgan fingerprint density at radius 3 is 1.98 bits per heavy atom. The second-order valence-electron chi connectivity index (χ2n) is 26.8. The third kappa shape index (κ3) is 24.0. The molecular formula is C70H112N12O15. The molecule has 2 aromatic carbocycles. The number of benzene rings is 2. The van der Waals surface area contributed by atoms with Crippen LogP contribution in [0.25, 0.3) is 0 Å². The molecule has 2 saturated heterocycles. The maximum Gasteiger partial charge on any atom is 0.410 e. The summed E-state index contributed by atoms with van der Waals surface area (Å²) in [5.74, 6) is -5.74. The Morgan fingerprint density at radius 2 is 1.39 bits per heavy atom. The van der Waals surface area contributed by atoms with Crippen molar-refractivity contribution >= 4 is 71.0 Å². The van der Waals surface area contributed by atoms with Crippen molar-refractivity contribution in [3.05, 3.63) is 65.7 Å². The van der Waals surface area contributed by atoms with Gasteiger partial charge in [-0.05, 0) is 98.9 Å². The van der Waals surface area contributed by atoms with Gasteiger partial charge in [0.25, 0.3) is 0 Å². The second kappa shape index (κ2) is 40.2. The summed E-state index contributed by atoms with van der Waals surface area (Å²) in [5, 5.41) is 30.7. The first-order valence-electron chi connectivity index (χ1n) is 34.4. The maximum atomic E-state index is 14.8. The molecular weight excluding hydrogens is 1250 g/mol. The number of amides is 12. The Morgan fingerprint density at radius 1 is 0.732 bits per heavy atom. The minimum atomic E-state index is -1.12. The Kier molecular flexibility index (Phi) is 33.9. The van der Waals surface area contributed by atoms with E-state index in [0.29, 0.717) is 68.4 Å². The summed E-state index contributed by atoms with van der Waals surface area (Å²) in [4.78, 5) is 154. The molecule has 0 radical (unpaired) electrons. The van der Waals surface area contributed by atoms with E-state index in [2.05, 4.69) is 37.2 Å². The Labute approximate surface area is 573 Å². The number of anilines is 1. The number of aliphatic hydroxyl groups is 1. The van der Waals surface area contributed by atoms with Crippen LogP contribution in [0, 0.1) is 29.6 Å². The third-order valence-electron chi connectivity index (χ3n) is 18.5. The molecule has 0 aromatic heterocycles. The van der Waals surface area contributed by atoms with Crippen molar-refractivity contribution in [3.8, 4) is 0 Å². The normalized spacial score (nSPS) is 18.2. The number of methoxy groups -OCH3 is 2. The molecule has 2 heterocycles. The zero-order chi connectivity index (χ0) is 72.4. The Balaban J connectivity index is 1.37. The number of aliphatic hydroxyl groups excluding tert-OH is 1. The molecule has 0 aliphatic carbocycles. The number of unbranched alkanes of at least 4 members (excludes halogenated alkanes) is 2. The summed E-state index contributed by atoms with van der Waals surface area (Å²) in [6.07, 6.45) is 0.656. The molecule has 2 aromatic rings. The number of rotatable bonds is 40. The first-order chi connectivity index (χ1) is 45.9. The Hall–Kier alpha value is -7.75. The highest BCUT2D eigenvalue weighted by molar-refractivity contribution is 6.05. The number of ether oxygens (including phenoxy) is 3. The van der Waals surface area contributed by atoms with Crippen molar-refractivity contribution in [2.75, 3.05) is 59.8 Å². The van der Waals surface area contributed by atoms with E-state index in [0.717, 1.165) is 0 Å². The standard InChI is InChI=1S/C70H112N12O15/c1-16-44(9)60(53(95-14)39-56(85)81-37-25-29-52(81)62(96-15)45(10)63(87)74-46(11)61(86)48-26-20-18-21-27-48)79(12)68(92)58(42(5)6)78-66(90)59(43(7)8)80(13)70(94)97-40-47-31-33-49(34-32-47)75-64(88)50(28-24-35-73-69(71)93)76-65(89)57(41(3)4)77-54(83)30-22-19-23-36-82-55(84)38-51(67(82)91)72-17-2/h18,20-21,26-27,31-34,41-46,50-53,57-62,72,86H,16-17,19,22-25,28-30,35-40H2,1-15H3,(H,74,87)(H,75,88)(H,76,89)(H,77,83)(H,78,90)(H3,71,73,93)/t44-,45+,46+,50-,51?,52-,53+,57-,58-,59-,60-,61+,62+/m0/s1. The first kappa shape index (κ1) is 81.7. The lowest BCUT2D eigenvalue weighted by molar-refractivity contribution is -0.148. The van der Waals surface area contributed by atoms with Gasteiger partial charge in [-0.1, -0.05) is 125 Å². The van der Waals surface area contributed by atoms with Crippen LogP contribution < -0.4 is 43.0 Å². The Bertz CT molecular complexity index is 2920. The summed E-state index contributed by atoms with van der Waals surface area (Å²) in [5.41, 5.74) is 6.79. The zero-order valence-corrected chi connectivity index (χ0v) is 59.8. The largest absolute Gasteiger partial charge is 0.445 e.